The molecule has 9 heteroatoms. The van der Waals surface area contributed by atoms with Gasteiger partial charge >= 0.3 is 0 Å². The summed E-state index contributed by atoms with van der Waals surface area (Å²) in [5.41, 5.74) is 1.25. The maximum absolute atomic E-state index is 12.6. The third-order valence-electron chi connectivity index (χ3n) is 4.61. The van der Waals surface area contributed by atoms with E-state index in [1.54, 1.807) is 53.5 Å². The normalized spacial score (nSPS) is 11.1. The predicted molar refractivity (Wildman–Crippen MR) is 121 cm³/mol. The van der Waals surface area contributed by atoms with Crippen LogP contribution in [0.25, 0.3) is 5.78 Å². The lowest BCUT2D eigenvalue weighted by molar-refractivity contribution is 0.102. The van der Waals surface area contributed by atoms with E-state index in [0.717, 1.165) is 0 Å². The molecule has 0 saturated carbocycles. The Hall–Kier alpha value is -3.46. The zero-order chi connectivity index (χ0) is 22.0. The lowest BCUT2D eigenvalue weighted by Gasteiger charge is -2.13. The van der Waals surface area contributed by atoms with Crippen LogP contribution in [0.15, 0.2) is 70.2 Å². The molecule has 0 radical (unpaired) electrons. The van der Waals surface area contributed by atoms with E-state index in [1.165, 1.54) is 10.6 Å². The van der Waals surface area contributed by atoms with Crippen LogP contribution in [0.5, 0.6) is 5.75 Å². The Bertz CT molecular complexity index is 1310. The van der Waals surface area contributed by atoms with Crippen LogP contribution in [0.3, 0.4) is 0 Å². The van der Waals surface area contributed by atoms with Crippen LogP contribution in [0.4, 0.5) is 5.69 Å². The summed E-state index contributed by atoms with van der Waals surface area (Å²) in [7, 11) is 0. The maximum atomic E-state index is 12.6. The second kappa shape index (κ2) is 8.73. The van der Waals surface area contributed by atoms with Crippen LogP contribution in [-0.4, -0.2) is 25.1 Å². The van der Waals surface area contributed by atoms with Crippen molar-refractivity contribution in [3.05, 3.63) is 87.0 Å². The fourth-order valence-corrected chi connectivity index (χ4v) is 3.56. The number of benzene rings is 2. The van der Waals surface area contributed by atoms with Gasteiger partial charge in [-0.2, -0.15) is 9.50 Å². The molecule has 31 heavy (non-hydrogen) atoms. The number of para-hydroxylation sites is 2. The number of carbonyl (C=O) groups is 1. The largest absolute Gasteiger partial charge is 0.485 e. The van der Waals surface area contributed by atoms with Gasteiger partial charge in [-0.3, -0.25) is 14.3 Å². The molecule has 0 fully saturated rings. The standard InChI is InChI=1S/C22H20BrN5O3/c1-14(2)27-13-24-22-25-15(11-20(29)28(22)27)12-31-19-10-6-5-9-18(19)26-21(30)16-7-3-4-8-17(16)23/h3-11,13-14H,12H2,1-2H3,(H,26,30). The van der Waals surface area contributed by atoms with Gasteiger partial charge in [-0.15, -0.1) is 0 Å². The lowest BCUT2D eigenvalue weighted by atomic mass is 10.2. The summed E-state index contributed by atoms with van der Waals surface area (Å²) < 4.78 is 9.73. The molecule has 1 amide bonds. The summed E-state index contributed by atoms with van der Waals surface area (Å²) in [6.45, 7) is 3.98. The number of rotatable bonds is 6. The zero-order valence-corrected chi connectivity index (χ0v) is 18.5. The van der Waals surface area contributed by atoms with Crippen molar-refractivity contribution >= 4 is 33.3 Å². The van der Waals surface area contributed by atoms with Crippen LogP contribution in [0.1, 0.15) is 35.9 Å². The van der Waals surface area contributed by atoms with E-state index in [4.69, 9.17) is 4.74 Å². The first-order valence-corrected chi connectivity index (χ1v) is 10.5. The molecule has 4 aromatic rings. The second-order valence-corrected chi connectivity index (χ2v) is 7.99. The van der Waals surface area contributed by atoms with Crippen molar-refractivity contribution in [3.63, 3.8) is 0 Å². The van der Waals surface area contributed by atoms with Crippen molar-refractivity contribution in [2.24, 2.45) is 0 Å². The minimum Gasteiger partial charge on any atom is -0.485 e. The van der Waals surface area contributed by atoms with Crippen LogP contribution in [0, 0.1) is 0 Å². The third-order valence-corrected chi connectivity index (χ3v) is 5.30. The number of fused-ring (bicyclic) bond motifs is 1. The first kappa shape index (κ1) is 20.8. The van der Waals surface area contributed by atoms with E-state index >= 15 is 0 Å². The molecular weight excluding hydrogens is 462 g/mol. The number of ether oxygens (including phenoxy) is 1. The lowest BCUT2D eigenvalue weighted by Crippen LogP contribution is -2.23. The smallest absolute Gasteiger partial charge is 0.274 e. The van der Waals surface area contributed by atoms with E-state index in [-0.39, 0.29) is 24.1 Å². The van der Waals surface area contributed by atoms with Gasteiger partial charge in [-0.1, -0.05) is 24.3 Å². The fourth-order valence-electron chi connectivity index (χ4n) is 3.09. The predicted octanol–water partition coefficient (Wildman–Crippen LogP) is 4.07. The molecule has 0 bridgehead atoms. The van der Waals surface area contributed by atoms with Gasteiger partial charge in [0.05, 0.1) is 16.9 Å². The molecule has 0 unspecified atom stereocenters. The Kier molecular flexibility index (Phi) is 5.85. The monoisotopic (exact) mass is 481 g/mol. The van der Waals surface area contributed by atoms with Crippen LogP contribution in [-0.2, 0) is 6.61 Å². The Morgan fingerprint density at radius 1 is 1.16 bits per heavy atom. The summed E-state index contributed by atoms with van der Waals surface area (Å²) >= 11 is 3.39. The minimum atomic E-state index is -0.263. The number of carbonyl (C=O) groups excluding carboxylic acids is 1. The van der Waals surface area contributed by atoms with E-state index in [9.17, 15) is 9.59 Å². The molecule has 1 N–H and O–H groups in total. The van der Waals surface area contributed by atoms with Gasteiger partial charge in [0, 0.05) is 16.6 Å². The fraction of sp³-hybridized carbons (Fsp3) is 0.182. The average Bonchev–Trinajstić information content (AvgIpc) is 3.18. The van der Waals surface area contributed by atoms with E-state index in [1.807, 2.05) is 19.9 Å². The van der Waals surface area contributed by atoms with E-state index < -0.39 is 0 Å². The van der Waals surface area contributed by atoms with Crippen molar-refractivity contribution in [3.8, 4) is 5.75 Å². The number of nitrogens with zero attached hydrogens (tertiary/aromatic N) is 4. The second-order valence-electron chi connectivity index (χ2n) is 7.13. The van der Waals surface area contributed by atoms with Crippen LogP contribution >= 0.6 is 15.9 Å². The summed E-state index contributed by atoms with van der Waals surface area (Å²) in [6, 6.07) is 15.8. The molecule has 0 saturated heterocycles. The summed E-state index contributed by atoms with van der Waals surface area (Å²) in [6.07, 6.45) is 1.59. The summed E-state index contributed by atoms with van der Waals surface area (Å²) in [4.78, 5) is 33.8. The van der Waals surface area contributed by atoms with Gasteiger partial charge in [0.25, 0.3) is 17.2 Å². The molecule has 0 spiro atoms. The van der Waals surface area contributed by atoms with Crippen molar-refractivity contribution in [2.45, 2.75) is 26.5 Å². The van der Waals surface area contributed by atoms with Gasteiger partial charge in [0.2, 0.25) is 0 Å². The van der Waals surface area contributed by atoms with Gasteiger partial charge < -0.3 is 10.1 Å². The Morgan fingerprint density at radius 2 is 1.90 bits per heavy atom. The van der Waals surface area contributed by atoms with E-state index in [0.29, 0.717) is 32.9 Å². The number of anilines is 1. The Morgan fingerprint density at radius 3 is 2.68 bits per heavy atom. The summed E-state index contributed by atoms with van der Waals surface area (Å²) in [5.74, 6) is 0.522. The molecule has 8 nitrogen and oxygen atoms in total. The first-order valence-electron chi connectivity index (χ1n) is 9.67. The molecule has 158 valence electrons. The number of hydrogen-bond acceptors (Lipinski definition) is 5. The Labute approximate surface area is 186 Å². The average molecular weight is 482 g/mol. The van der Waals surface area contributed by atoms with Crippen LogP contribution < -0.4 is 15.6 Å². The highest BCUT2D eigenvalue weighted by Crippen LogP contribution is 2.26. The maximum Gasteiger partial charge on any atom is 0.274 e. The van der Waals surface area contributed by atoms with E-state index in [2.05, 4.69) is 31.2 Å². The third kappa shape index (κ3) is 4.36. The molecule has 0 aliphatic carbocycles. The highest BCUT2D eigenvalue weighted by Gasteiger charge is 2.14. The topological polar surface area (TPSA) is 90.5 Å². The molecule has 4 rings (SSSR count). The number of nitrogens with one attached hydrogen (secondary N) is 1. The quantitative estimate of drug-likeness (QED) is 0.448. The number of halogens is 1. The van der Waals surface area contributed by atoms with Gasteiger partial charge in [0.15, 0.2) is 0 Å². The number of amides is 1. The molecule has 2 heterocycles. The SMILES string of the molecule is CC(C)n1cnc2nc(COc3ccccc3NC(=O)c3ccccc3Br)cc(=O)n21. The molecule has 0 aliphatic heterocycles. The van der Waals surface area contributed by atoms with Crippen molar-refractivity contribution < 1.29 is 9.53 Å². The van der Waals surface area contributed by atoms with Crippen molar-refractivity contribution in [1.82, 2.24) is 19.2 Å². The highest BCUT2D eigenvalue weighted by atomic mass is 79.9. The molecule has 2 aromatic heterocycles. The number of aromatic nitrogens is 4. The number of hydrogen-bond donors (Lipinski definition) is 1. The minimum absolute atomic E-state index is 0.0577. The first-order chi connectivity index (χ1) is 14.9. The van der Waals surface area contributed by atoms with Gasteiger partial charge in [-0.25, -0.2) is 4.98 Å². The van der Waals surface area contributed by atoms with Crippen molar-refractivity contribution in [2.75, 3.05) is 5.32 Å². The van der Waals surface area contributed by atoms with Crippen molar-refractivity contribution in [1.29, 1.82) is 0 Å². The summed E-state index contributed by atoms with van der Waals surface area (Å²) in [5, 5.41) is 2.86. The molecule has 2 aromatic carbocycles. The zero-order valence-electron chi connectivity index (χ0n) is 16.9. The van der Waals surface area contributed by atoms with Crippen LogP contribution in [0.2, 0.25) is 0 Å². The molecule has 0 aliphatic rings. The Balaban J connectivity index is 1.54. The molecular formula is C22H20BrN5O3. The molecule has 0 atom stereocenters. The van der Waals surface area contributed by atoms with Gasteiger partial charge in [-0.05, 0) is 54.0 Å². The van der Waals surface area contributed by atoms with Gasteiger partial charge in [0.1, 0.15) is 18.7 Å². The highest BCUT2D eigenvalue weighted by molar-refractivity contribution is 9.10.